The number of H-pyrrole nitrogens is 1. The SMILES string of the molecule is COc1cc(-c2cc(N3CCN(C)CC3C(F)(F)F)[nH]c(=O)c2)c(C)cn1. The number of aromatic nitrogens is 2. The fourth-order valence-electron chi connectivity index (χ4n) is 3.25. The Morgan fingerprint density at radius 3 is 2.67 bits per heavy atom. The molecule has 0 spiro atoms. The second-order valence-corrected chi connectivity index (χ2v) is 6.67. The van der Waals surface area contributed by atoms with Crippen molar-refractivity contribution in [1.29, 1.82) is 0 Å². The Balaban J connectivity index is 2.07. The molecule has 2 aromatic rings. The molecule has 1 unspecified atom stereocenters. The highest BCUT2D eigenvalue weighted by Gasteiger charge is 2.46. The molecule has 0 radical (unpaired) electrons. The van der Waals surface area contributed by atoms with Crippen LogP contribution in [-0.2, 0) is 0 Å². The van der Waals surface area contributed by atoms with E-state index in [9.17, 15) is 18.0 Å². The molecule has 9 heteroatoms. The summed E-state index contributed by atoms with van der Waals surface area (Å²) >= 11 is 0. The van der Waals surface area contributed by atoms with Gasteiger partial charge in [-0.25, -0.2) is 4.98 Å². The van der Waals surface area contributed by atoms with E-state index in [-0.39, 0.29) is 18.9 Å². The summed E-state index contributed by atoms with van der Waals surface area (Å²) in [6.45, 7) is 2.30. The summed E-state index contributed by atoms with van der Waals surface area (Å²) in [6, 6.07) is 2.92. The minimum absolute atomic E-state index is 0.155. The number of nitrogens with zero attached hydrogens (tertiary/aromatic N) is 3. The summed E-state index contributed by atoms with van der Waals surface area (Å²) in [5, 5.41) is 0. The summed E-state index contributed by atoms with van der Waals surface area (Å²) in [4.78, 5) is 21.7. The average molecular weight is 382 g/mol. The normalized spacial score (nSPS) is 18.6. The molecule has 1 N–H and O–H groups in total. The van der Waals surface area contributed by atoms with E-state index in [1.54, 1.807) is 30.3 Å². The maximum absolute atomic E-state index is 13.6. The number of hydrogen-bond acceptors (Lipinski definition) is 5. The lowest BCUT2D eigenvalue weighted by atomic mass is 10.0. The molecule has 27 heavy (non-hydrogen) atoms. The maximum atomic E-state index is 13.6. The van der Waals surface area contributed by atoms with Gasteiger partial charge in [0.2, 0.25) is 11.4 Å². The van der Waals surface area contributed by atoms with E-state index in [1.807, 2.05) is 6.92 Å². The number of ether oxygens (including phenoxy) is 1. The molecule has 0 bridgehead atoms. The molecular formula is C18H21F3N4O2. The first-order valence-electron chi connectivity index (χ1n) is 8.46. The number of hydrogen-bond donors (Lipinski definition) is 1. The van der Waals surface area contributed by atoms with Gasteiger partial charge >= 0.3 is 6.18 Å². The highest BCUT2D eigenvalue weighted by molar-refractivity contribution is 5.70. The van der Waals surface area contributed by atoms with Crippen LogP contribution in [0.25, 0.3) is 11.1 Å². The van der Waals surface area contributed by atoms with Gasteiger partial charge < -0.3 is 19.5 Å². The summed E-state index contributed by atoms with van der Waals surface area (Å²) in [5.41, 5.74) is 1.54. The van der Waals surface area contributed by atoms with E-state index in [4.69, 9.17) is 4.74 Å². The molecule has 1 saturated heterocycles. The fourth-order valence-corrected chi connectivity index (χ4v) is 3.25. The van der Waals surface area contributed by atoms with Gasteiger partial charge in [-0.1, -0.05) is 0 Å². The molecule has 3 rings (SSSR count). The van der Waals surface area contributed by atoms with Crippen molar-refractivity contribution < 1.29 is 17.9 Å². The van der Waals surface area contributed by atoms with Gasteiger partial charge in [0.1, 0.15) is 11.9 Å². The predicted octanol–water partition coefficient (Wildman–Crippen LogP) is 2.44. The number of halogens is 3. The smallest absolute Gasteiger partial charge is 0.410 e. The molecule has 146 valence electrons. The van der Waals surface area contributed by atoms with Crippen LogP contribution in [0, 0.1) is 6.92 Å². The average Bonchev–Trinajstić information content (AvgIpc) is 2.60. The molecule has 0 saturated carbocycles. The third-order valence-electron chi connectivity index (χ3n) is 4.70. The molecule has 1 fully saturated rings. The van der Waals surface area contributed by atoms with Crippen molar-refractivity contribution in [3.8, 4) is 17.0 Å². The molecular weight excluding hydrogens is 361 g/mol. The van der Waals surface area contributed by atoms with E-state index in [0.717, 1.165) is 5.56 Å². The van der Waals surface area contributed by atoms with E-state index in [1.165, 1.54) is 18.1 Å². The number of piperazine rings is 1. The Labute approximate surface area is 154 Å². The lowest BCUT2D eigenvalue weighted by molar-refractivity contribution is -0.155. The fraction of sp³-hybridized carbons (Fsp3) is 0.444. The van der Waals surface area contributed by atoms with Gasteiger partial charge in [-0.3, -0.25) is 4.79 Å². The predicted molar refractivity (Wildman–Crippen MR) is 96.3 cm³/mol. The highest BCUT2D eigenvalue weighted by Crippen LogP contribution is 2.32. The number of likely N-dealkylation sites (N-methyl/N-ethyl adjacent to an activating group) is 1. The second-order valence-electron chi connectivity index (χ2n) is 6.67. The molecule has 0 aliphatic carbocycles. The van der Waals surface area contributed by atoms with Crippen LogP contribution in [0.5, 0.6) is 5.88 Å². The number of rotatable bonds is 3. The monoisotopic (exact) mass is 382 g/mol. The van der Waals surface area contributed by atoms with Gasteiger partial charge in [0.25, 0.3) is 0 Å². The van der Waals surface area contributed by atoms with E-state index >= 15 is 0 Å². The Hall–Kier alpha value is -2.55. The third-order valence-corrected chi connectivity index (χ3v) is 4.70. The molecule has 1 aliphatic heterocycles. The van der Waals surface area contributed by atoms with Gasteiger partial charge in [0, 0.05) is 38.0 Å². The van der Waals surface area contributed by atoms with Crippen LogP contribution in [-0.4, -0.2) is 60.9 Å². The van der Waals surface area contributed by atoms with Crippen molar-refractivity contribution in [2.24, 2.45) is 0 Å². The van der Waals surface area contributed by atoms with Crippen molar-refractivity contribution >= 4 is 5.82 Å². The number of alkyl halides is 3. The van der Waals surface area contributed by atoms with Crippen LogP contribution in [0.15, 0.2) is 29.2 Å². The van der Waals surface area contributed by atoms with Crippen molar-refractivity contribution in [2.75, 3.05) is 38.7 Å². The summed E-state index contributed by atoms with van der Waals surface area (Å²) in [6.07, 6.45) is -2.80. The van der Waals surface area contributed by atoms with Crippen molar-refractivity contribution in [3.05, 3.63) is 40.3 Å². The summed E-state index contributed by atoms with van der Waals surface area (Å²) in [5.74, 6) is 0.522. The first kappa shape index (κ1) is 19.2. The quantitative estimate of drug-likeness (QED) is 0.884. The number of anilines is 1. The number of methoxy groups -OCH3 is 1. The number of aromatic amines is 1. The zero-order valence-corrected chi connectivity index (χ0v) is 15.3. The molecule has 1 aliphatic rings. The lowest BCUT2D eigenvalue weighted by Crippen LogP contribution is -2.58. The first-order chi connectivity index (χ1) is 12.7. The van der Waals surface area contributed by atoms with Crippen LogP contribution in [0.4, 0.5) is 19.0 Å². The zero-order valence-electron chi connectivity index (χ0n) is 15.3. The minimum Gasteiger partial charge on any atom is -0.481 e. The number of pyridine rings is 2. The number of nitrogens with one attached hydrogen (secondary N) is 1. The van der Waals surface area contributed by atoms with Crippen LogP contribution in [0.1, 0.15) is 5.56 Å². The Kier molecular flexibility index (Phi) is 5.14. The maximum Gasteiger partial charge on any atom is 0.410 e. The van der Waals surface area contributed by atoms with E-state index in [0.29, 0.717) is 23.6 Å². The van der Waals surface area contributed by atoms with Crippen LogP contribution >= 0.6 is 0 Å². The summed E-state index contributed by atoms with van der Waals surface area (Å²) < 4.78 is 45.8. The van der Waals surface area contributed by atoms with Crippen molar-refractivity contribution in [3.63, 3.8) is 0 Å². The molecule has 6 nitrogen and oxygen atoms in total. The van der Waals surface area contributed by atoms with Crippen molar-refractivity contribution in [2.45, 2.75) is 19.1 Å². The van der Waals surface area contributed by atoms with Crippen LogP contribution < -0.4 is 15.2 Å². The van der Waals surface area contributed by atoms with E-state index in [2.05, 4.69) is 9.97 Å². The zero-order chi connectivity index (χ0) is 19.8. The lowest BCUT2D eigenvalue weighted by Gasteiger charge is -2.41. The van der Waals surface area contributed by atoms with Gasteiger partial charge in [0.15, 0.2) is 0 Å². The van der Waals surface area contributed by atoms with Gasteiger partial charge in [-0.15, -0.1) is 0 Å². The van der Waals surface area contributed by atoms with E-state index < -0.39 is 17.8 Å². The number of aryl methyl sites for hydroxylation is 1. The molecule has 0 amide bonds. The standard InChI is InChI=1S/C18H21F3N4O2/c1-11-9-22-17(27-3)8-13(11)12-6-15(23-16(26)7-12)25-5-4-24(2)10-14(25)18(19,20)21/h6-9,14H,4-5,10H2,1-3H3,(H,23,26). The van der Waals surface area contributed by atoms with Gasteiger partial charge in [-0.2, -0.15) is 13.2 Å². The Morgan fingerprint density at radius 2 is 2.00 bits per heavy atom. The first-order valence-corrected chi connectivity index (χ1v) is 8.46. The largest absolute Gasteiger partial charge is 0.481 e. The van der Waals surface area contributed by atoms with Crippen molar-refractivity contribution in [1.82, 2.24) is 14.9 Å². The van der Waals surface area contributed by atoms with Crippen LogP contribution in [0.2, 0.25) is 0 Å². The molecule has 3 heterocycles. The minimum atomic E-state index is -4.41. The Morgan fingerprint density at radius 1 is 1.26 bits per heavy atom. The topological polar surface area (TPSA) is 61.5 Å². The molecule has 0 aromatic carbocycles. The van der Waals surface area contributed by atoms with Gasteiger partial charge in [-0.05, 0) is 36.7 Å². The van der Waals surface area contributed by atoms with Crippen LogP contribution in [0.3, 0.4) is 0 Å². The Bertz CT molecular complexity index is 882. The third kappa shape index (κ3) is 4.08. The highest BCUT2D eigenvalue weighted by atomic mass is 19.4. The molecule has 1 atom stereocenters. The molecule has 2 aromatic heterocycles. The van der Waals surface area contributed by atoms with Gasteiger partial charge in [0.05, 0.1) is 7.11 Å². The second kappa shape index (κ2) is 7.22. The summed E-state index contributed by atoms with van der Waals surface area (Å²) in [7, 11) is 3.13.